The highest BCUT2D eigenvalue weighted by atomic mass is 15.4. The molecule has 82 valence electrons. The van der Waals surface area contributed by atoms with Crippen molar-refractivity contribution in [2.75, 3.05) is 11.6 Å². The molecule has 0 saturated carbocycles. The van der Waals surface area contributed by atoms with E-state index >= 15 is 0 Å². The number of anilines is 1. The zero-order chi connectivity index (χ0) is 11.1. The molecule has 0 bridgehead atoms. The molecule has 0 atom stereocenters. The van der Waals surface area contributed by atoms with Crippen molar-refractivity contribution in [1.29, 1.82) is 0 Å². The summed E-state index contributed by atoms with van der Waals surface area (Å²) >= 11 is 0. The molecule has 1 aliphatic carbocycles. The number of nitrogen functional groups attached to an aromatic ring is 2. The SMILES string of the molecule is Nc1nnc(-c2ccc3c(c2)CCC3)n1N. The number of nitrogens with zero attached hydrogens (tertiary/aromatic N) is 3. The zero-order valence-corrected chi connectivity index (χ0v) is 8.85. The largest absolute Gasteiger partial charge is 0.366 e. The van der Waals surface area contributed by atoms with Gasteiger partial charge >= 0.3 is 0 Å². The number of benzene rings is 1. The molecule has 0 amide bonds. The van der Waals surface area contributed by atoms with Crippen LogP contribution in [0.5, 0.6) is 0 Å². The lowest BCUT2D eigenvalue weighted by Gasteiger charge is -2.04. The van der Waals surface area contributed by atoms with Gasteiger partial charge in [0.2, 0.25) is 5.95 Å². The molecular formula is C11H13N5. The summed E-state index contributed by atoms with van der Waals surface area (Å²) in [6, 6.07) is 6.30. The van der Waals surface area contributed by atoms with Gasteiger partial charge in [0.15, 0.2) is 5.82 Å². The molecule has 0 fully saturated rings. The third-order valence-electron chi connectivity index (χ3n) is 3.08. The minimum absolute atomic E-state index is 0.232. The summed E-state index contributed by atoms with van der Waals surface area (Å²) < 4.78 is 1.32. The maximum Gasteiger partial charge on any atom is 0.241 e. The Hall–Kier alpha value is -2.04. The fourth-order valence-electron chi connectivity index (χ4n) is 2.21. The highest BCUT2D eigenvalue weighted by Gasteiger charge is 2.14. The van der Waals surface area contributed by atoms with Crippen LogP contribution in [0.2, 0.25) is 0 Å². The van der Waals surface area contributed by atoms with E-state index in [4.69, 9.17) is 11.6 Å². The molecule has 3 rings (SSSR count). The van der Waals surface area contributed by atoms with Crippen LogP contribution < -0.4 is 11.6 Å². The van der Waals surface area contributed by atoms with Crippen molar-refractivity contribution in [3.63, 3.8) is 0 Å². The normalized spacial score (nSPS) is 14.0. The van der Waals surface area contributed by atoms with Gasteiger partial charge in [0, 0.05) is 5.56 Å². The molecule has 1 aromatic carbocycles. The summed E-state index contributed by atoms with van der Waals surface area (Å²) in [5.74, 6) is 6.60. The zero-order valence-electron chi connectivity index (χ0n) is 8.85. The quantitative estimate of drug-likeness (QED) is 0.687. The molecule has 0 aliphatic heterocycles. The lowest BCUT2D eigenvalue weighted by Crippen LogP contribution is -2.13. The Bertz CT molecular complexity index is 543. The van der Waals surface area contributed by atoms with Crippen molar-refractivity contribution in [1.82, 2.24) is 14.9 Å². The lowest BCUT2D eigenvalue weighted by molar-refractivity contribution is 0.911. The van der Waals surface area contributed by atoms with Crippen LogP contribution in [-0.4, -0.2) is 14.9 Å². The van der Waals surface area contributed by atoms with Gasteiger partial charge in [-0.3, -0.25) is 0 Å². The minimum atomic E-state index is 0.232. The molecule has 16 heavy (non-hydrogen) atoms. The third-order valence-corrected chi connectivity index (χ3v) is 3.08. The first-order valence-corrected chi connectivity index (χ1v) is 5.34. The van der Waals surface area contributed by atoms with Gasteiger partial charge in [0.1, 0.15) is 0 Å². The average Bonchev–Trinajstić information content (AvgIpc) is 2.86. The second kappa shape index (κ2) is 3.23. The summed E-state index contributed by atoms with van der Waals surface area (Å²) in [5, 5.41) is 7.73. The van der Waals surface area contributed by atoms with E-state index in [-0.39, 0.29) is 5.95 Å². The summed E-state index contributed by atoms with van der Waals surface area (Å²) in [6.07, 6.45) is 3.54. The Labute approximate surface area is 93.1 Å². The molecule has 4 N–H and O–H groups in total. The van der Waals surface area contributed by atoms with E-state index in [1.54, 1.807) is 0 Å². The summed E-state index contributed by atoms with van der Waals surface area (Å²) in [5.41, 5.74) is 9.35. The van der Waals surface area contributed by atoms with Crippen LogP contribution >= 0.6 is 0 Å². The first-order valence-electron chi connectivity index (χ1n) is 5.34. The van der Waals surface area contributed by atoms with Crippen LogP contribution in [0.4, 0.5) is 5.95 Å². The summed E-state index contributed by atoms with van der Waals surface area (Å²) in [6.45, 7) is 0. The first kappa shape index (κ1) is 9.21. The predicted molar refractivity (Wildman–Crippen MR) is 62.0 cm³/mol. The molecule has 0 radical (unpaired) electrons. The molecule has 2 aromatic rings. The van der Waals surface area contributed by atoms with Crippen LogP contribution in [0.15, 0.2) is 18.2 Å². The molecule has 1 aromatic heterocycles. The Morgan fingerprint density at radius 2 is 1.94 bits per heavy atom. The molecule has 1 aliphatic rings. The highest BCUT2D eigenvalue weighted by Crippen LogP contribution is 2.27. The fraction of sp³-hybridized carbons (Fsp3) is 0.273. The van der Waals surface area contributed by atoms with Crippen LogP contribution in [-0.2, 0) is 12.8 Å². The number of nitrogens with two attached hydrogens (primary N) is 2. The summed E-state index contributed by atoms with van der Waals surface area (Å²) in [7, 11) is 0. The van der Waals surface area contributed by atoms with Gasteiger partial charge in [-0.05, 0) is 36.5 Å². The van der Waals surface area contributed by atoms with Gasteiger partial charge < -0.3 is 11.6 Å². The van der Waals surface area contributed by atoms with E-state index in [1.165, 1.54) is 28.6 Å². The molecule has 0 spiro atoms. The molecule has 5 heteroatoms. The van der Waals surface area contributed by atoms with Crippen molar-refractivity contribution in [2.24, 2.45) is 0 Å². The number of fused-ring (bicyclic) bond motifs is 1. The van der Waals surface area contributed by atoms with Crippen LogP contribution in [0.3, 0.4) is 0 Å². The van der Waals surface area contributed by atoms with E-state index in [0.29, 0.717) is 5.82 Å². The average molecular weight is 215 g/mol. The Balaban J connectivity index is 2.10. The third kappa shape index (κ3) is 1.25. The van der Waals surface area contributed by atoms with Crippen molar-refractivity contribution in [3.8, 4) is 11.4 Å². The van der Waals surface area contributed by atoms with Crippen molar-refractivity contribution < 1.29 is 0 Å². The first-order chi connectivity index (χ1) is 7.75. The van der Waals surface area contributed by atoms with E-state index in [1.807, 2.05) is 6.07 Å². The Morgan fingerprint density at radius 3 is 2.69 bits per heavy atom. The molecule has 0 unspecified atom stereocenters. The van der Waals surface area contributed by atoms with Gasteiger partial charge in [0.25, 0.3) is 0 Å². The smallest absolute Gasteiger partial charge is 0.241 e. The minimum Gasteiger partial charge on any atom is -0.366 e. The van der Waals surface area contributed by atoms with Gasteiger partial charge in [-0.25, -0.2) is 4.68 Å². The van der Waals surface area contributed by atoms with Crippen LogP contribution in [0.1, 0.15) is 17.5 Å². The van der Waals surface area contributed by atoms with E-state index in [2.05, 4.69) is 22.3 Å². The number of hydrogen-bond acceptors (Lipinski definition) is 4. The lowest BCUT2D eigenvalue weighted by atomic mass is 10.1. The fourth-order valence-corrected chi connectivity index (χ4v) is 2.21. The second-order valence-corrected chi connectivity index (χ2v) is 4.09. The standard InChI is InChI=1S/C11H13N5/c12-11-15-14-10(16(11)13)9-5-4-7-2-1-3-8(7)6-9/h4-6H,1-3,13H2,(H2,12,15). The predicted octanol–water partition coefficient (Wildman–Crippen LogP) is 0.730. The van der Waals surface area contributed by atoms with Crippen molar-refractivity contribution in [2.45, 2.75) is 19.3 Å². The summed E-state index contributed by atoms with van der Waals surface area (Å²) in [4.78, 5) is 0. The Kier molecular flexibility index (Phi) is 1.86. The van der Waals surface area contributed by atoms with Gasteiger partial charge in [-0.1, -0.05) is 12.1 Å². The van der Waals surface area contributed by atoms with Gasteiger partial charge in [0.05, 0.1) is 0 Å². The Morgan fingerprint density at radius 1 is 1.12 bits per heavy atom. The van der Waals surface area contributed by atoms with Crippen molar-refractivity contribution in [3.05, 3.63) is 29.3 Å². The maximum atomic E-state index is 5.75. The van der Waals surface area contributed by atoms with Crippen molar-refractivity contribution >= 4 is 5.95 Å². The van der Waals surface area contributed by atoms with Gasteiger partial charge in [-0.15, -0.1) is 10.2 Å². The van der Waals surface area contributed by atoms with E-state index in [9.17, 15) is 0 Å². The highest BCUT2D eigenvalue weighted by molar-refractivity contribution is 5.59. The van der Waals surface area contributed by atoms with Gasteiger partial charge in [-0.2, -0.15) is 0 Å². The molecular weight excluding hydrogens is 202 g/mol. The number of rotatable bonds is 1. The second-order valence-electron chi connectivity index (χ2n) is 4.09. The molecule has 5 nitrogen and oxygen atoms in total. The van der Waals surface area contributed by atoms with E-state index < -0.39 is 0 Å². The monoisotopic (exact) mass is 215 g/mol. The van der Waals surface area contributed by atoms with Crippen LogP contribution in [0.25, 0.3) is 11.4 Å². The number of hydrogen-bond donors (Lipinski definition) is 2. The topological polar surface area (TPSA) is 82.8 Å². The van der Waals surface area contributed by atoms with E-state index in [0.717, 1.165) is 12.0 Å². The van der Waals surface area contributed by atoms with Crippen LogP contribution in [0, 0.1) is 0 Å². The maximum absolute atomic E-state index is 5.75. The molecule has 1 heterocycles. The number of aromatic nitrogens is 3. The number of aryl methyl sites for hydroxylation is 2. The molecule has 0 saturated heterocycles.